The second kappa shape index (κ2) is 7.18. The second-order valence-corrected chi connectivity index (χ2v) is 7.21. The van der Waals surface area contributed by atoms with Gasteiger partial charge in [0.25, 0.3) is 0 Å². The SMILES string of the molecule is COc1cccc(OCCCn2c(C(C)(C)C)nc3ccccc32)c1. The first kappa shape index (κ1) is 17.3. The molecule has 25 heavy (non-hydrogen) atoms. The standard InChI is InChI=1S/C21H26N2O2/c1-21(2,3)20-22-18-11-5-6-12-19(18)23(20)13-8-14-25-17-10-7-9-16(15-17)24-4/h5-7,9-12,15H,8,13-14H2,1-4H3. The lowest BCUT2D eigenvalue weighted by Gasteiger charge is -2.20. The highest BCUT2D eigenvalue weighted by Crippen LogP contribution is 2.26. The molecule has 0 saturated heterocycles. The van der Waals surface area contributed by atoms with Gasteiger partial charge in [-0.3, -0.25) is 0 Å². The van der Waals surface area contributed by atoms with Gasteiger partial charge in [-0.25, -0.2) is 4.98 Å². The molecule has 0 saturated carbocycles. The van der Waals surface area contributed by atoms with Crippen molar-refractivity contribution in [1.29, 1.82) is 0 Å². The van der Waals surface area contributed by atoms with Crippen molar-refractivity contribution in [1.82, 2.24) is 9.55 Å². The molecule has 2 aromatic carbocycles. The summed E-state index contributed by atoms with van der Waals surface area (Å²) in [5.74, 6) is 2.77. The van der Waals surface area contributed by atoms with E-state index in [-0.39, 0.29) is 5.41 Å². The van der Waals surface area contributed by atoms with Crippen LogP contribution in [0.1, 0.15) is 33.0 Å². The van der Waals surface area contributed by atoms with E-state index in [9.17, 15) is 0 Å². The Balaban J connectivity index is 1.70. The average molecular weight is 338 g/mol. The minimum atomic E-state index is 0.00662. The Morgan fingerprint density at radius 2 is 1.76 bits per heavy atom. The number of imidazole rings is 1. The number of hydrogen-bond acceptors (Lipinski definition) is 3. The van der Waals surface area contributed by atoms with Crippen molar-refractivity contribution in [3.63, 3.8) is 0 Å². The molecule has 0 amide bonds. The van der Waals surface area contributed by atoms with Crippen LogP contribution in [0, 0.1) is 0 Å². The van der Waals surface area contributed by atoms with Gasteiger partial charge in [0.05, 0.1) is 24.8 Å². The lowest BCUT2D eigenvalue weighted by molar-refractivity contribution is 0.298. The zero-order valence-electron chi connectivity index (χ0n) is 15.5. The van der Waals surface area contributed by atoms with Gasteiger partial charge >= 0.3 is 0 Å². The molecule has 0 spiro atoms. The highest BCUT2D eigenvalue weighted by Gasteiger charge is 2.22. The molecule has 0 N–H and O–H groups in total. The van der Waals surface area contributed by atoms with E-state index in [4.69, 9.17) is 14.5 Å². The van der Waals surface area contributed by atoms with Gasteiger partial charge in [0.15, 0.2) is 0 Å². The number of aromatic nitrogens is 2. The number of para-hydroxylation sites is 2. The van der Waals surface area contributed by atoms with Gasteiger partial charge in [0.2, 0.25) is 0 Å². The van der Waals surface area contributed by atoms with E-state index in [0.29, 0.717) is 6.61 Å². The molecule has 0 unspecified atom stereocenters. The first-order valence-corrected chi connectivity index (χ1v) is 8.71. The Hall–Kier alpha value is -2.49. The van der Waals surface area contributed by atoms with Gasteiger partial charge in [-0.2, -0.15) is 0 Å². The number of nitrogens with zero attached hydrogens (tertiary/aromatic N) is 2. The van der Waals surface area contributed by atoms with Crippen molar-refractivity contribution < 1.29 is 9.47 Å². The van der Waals surface area contributed by atoms with Crippen LogP contribution < -0.4 is 9.47 Å². The number of ether oxygens (including phenoxy) is 2. The molecule has 0 fully saturated rings. The fraction of sp³-hybridized carbons (Fsp3) is 0.381. The Kier molecular flexibility index (Phi) is 4.98. The number of fused-ring (bicyclic) bond motifs is 1. The first-order chi connectivity index (χ1) is 12.0. The molecular weight excluding hydrogens is 312 g/mol. The highest BCUT2D eigenvalue weighted by molar-refractivity contribution is 5.76. The van der Waals surface area contributed by atoms with Crippen molar-refractivity contribution in [3.05, 3.63) is 54.4 Å². The highest BCUT2D eigenvalue weighted by atomic mass is 16.5. The van der Waals surface area contributed by atoms with Crippen LogP contribution in [0.3, 0.4) is 0 Å². The van der Waals surface area contributed by atoms with E-state index in [2.05, 4.69) is 43.5 Å². The molecule has 4 heteroatoms. The number of rotatable bonds is 6. The molecule has 1 aromatic heterocycles. The van der Waals surface area contributed by atoms with E-state index >= 15 is 0 Å². The number of hydrogen-bond donors (Lipinski definition) is 0. The lowest BCUT2D eigenvalue weighted by atomic mass is 9.95. The molecular formula is C21H26N2O2. The summed E-state index contributed by atoms with van der Waals surface area (Å²) in [7, 11) is 1.66. The maximum atomic E-state index is 5.87. The molecule has 0 aliphatic carbocycles. The maximum Gasteiger partial charge on any atom is 0.122 e. The maximum absolute atomic E-state index is 5.87. The summed E-state index contributed by atoms with van der Waals surface area (Å²) in [6.07, 6.45) is 0.917. The van der Waals surface area contributed by atoms with Gasteiger partial charge in [0, 0.05) is 18.0 Å². The molecule has 0 bridgehead atoms. The molecule has 4 nitrogen and oxygen atoms in total. The Labute approximate surface area is 149 Å². The monoisotopic (exact) mass is 338 g/mol. The van der Waals surface area contributed by atoms with Gasteiger partial charge in [-0.05, 0) is 30.7 Å². The zero-order valence-corrected chi connectivity index (χ0v) is 15.5. The fourth-order valence-electron chi connectivity index (χ4n) is 2.98. The zero-order chi connectivity index (χ0) is 17.9. The van der Waals surface area contributed by atoms with Crippen LogP contribution in [-0.2, 0) is 12.0 Å². The Bertz CT molecular complexity index is 846. The van der Waals surface area contributed by atoms with Crippen molar-refractivity contribution in [2.75, 3.05) is 13.7 Å². The van der Waals surface area contributed by atoms with E-state index in [1.165, 1.54) is 5.52 Å². The van der Waals surface area contributed by atoms with Gasteiger partial charge in [-0.15, -0.1) is 0 Å². The molecule has 3 aromatic rings. The molecule has 0 radical (unpaired) electrons. The average Bonchev–Trinajstić information content (AvgIpc) is 2.98. The summed E-state index contributed by atoms with van der Waals surface area (Å²) in [5, 5.41) is 0. The largest absolute Gasteiger partial charge is 0.497 e. The quantitative estimate of drug-likeness (QED) is 0.605. The van der Waals surface area contributed by atoms with Crippen LogP contribution in [-0.4, -0.2) is 23.3 Å². The van der Waals surface area contributed by atoms with Crippen molar-refractivity contribution in [2.24, 2.45) is 0 Å². The summed E-state index contributed by atoms with van der Waals surface area (Å²) in [5.41, 5.74) is 2.25. The Morgan fingerprint density at radius 3 is 2.52 bits per heavy atom. The van der Waals surface area contributed by atoms with E-state index in [1.54, 1.807) is 7.11 Å². The van der Waals surface area contributed by atoms with Crippen molar-refractivity contribution in [2.45, 2.75) is 39.2 Å². The van der Waals surface area contributed by atoms with Crippen LogP contribution >= 0.6 is 0 Å². The smallest absolute Gasteiger partial charge is 0.122 e. The topological polar surface area (TPSA) is 36.3 Å². The van der Waals surface area contributed by atoms with Crippen LogP contribution in [0.4, 0.5) is 0 Å². The third-order valence-corrected chi connectivity index (χ3v) is 4.16. The molecule has 0 atom stereocenters. The van der Waals surface area contributed by atoms with Crippen LogP contribution in [0.5, 0.6) is 11.5 Å². The first-order valence-electron chi connectivity index (χ1n) is 8.71. The minimum absolute atomic E-state index is 0.00662. The summed E-state index contributed by atoms with van der Waals surface area (Å²) in [6, 6.07) is 16.0. The second-order valence-electron chi connectivity index (χ2n) is 7.21. The van der Waals surface area contributed by atoms with Gasteiger partial charge in [0.1, 0.15) is 17.3 Å². The molecule has 132 valence electrons. The van der Waals surface area contributed by atoms with Crippen LogP contribution in [0.2, 0.25) is 0 Å². The summed E-state index contributed by atoms with van der Waals surface area (Å²) in [6.45, 7) is 8.16. The Morgan fingerprint density at radius 1 is 1.00 bits per heavy atom. The fourth-order valence-corrected chi connectivity index (χ4v) is 2.98. The van der Waals surface area contributed by atoms with Crippen molar-refractivity contribution >= 4 is 11.0 Å². The van der Waals surface area contributed by atoms with E-state index in [0.717, 1.165) is 35.8 Å². The minimum Gasteiger partial charge on any atom is -0.497 e. The van der Waals surface area contributed by atoms with E-state index in [1.807, 2.05) is 30.3 Å². The predicted molar refractivity (Wildman–Crippen MR) is 102 cm³/mol. The molecule has 0 aliphatic heterocycles. The van der Waals surface area contributed by atoms with Crippen LogP contribution in [0.25, 0.3) is 11.0 Å². The van der Waals surface area contributed by atoms with Gasteiger partial charge in [-0.1, -0.05) is 39.0 Å². The van der Waals surface area contributed by atoms with Crippen LogP contribution in [0.15, 0.2) is 48.5 Å². The van der Waals surface area contributed by atoms with E-state index < -0.39 is 0 Å². The number of methoxy groups -OCH3 is 1. The summed E-state index contributed by atoms with van der Waals surface area (Å²) < 4.78 is 13.4. The number of benzene rings is 2. The molecule has 0 aliphatic rings. The number of aryl methyl sites for hydroxylation is 1. The van der Waals surface area contributed by atoms with Gasteiger partial charge < -0.3 is 14.0 Å². The normalized spacial score (nSPS) is 11.7. The van der Waals surface area contributed by atoms with Crippen molar-refractivity contribution in [3.8, 4) is 11.5 Å². The molecule has 1 heterocycles. The predicted octanol–water partition coefficient (Wildman–Crippen LogP) is 4.81. The molecule has 3 rings (SSSR count). The third-order valence-electron chi connectivity index (χ3n) is 4.16. The summed E-state index contributed by atoms with van der Waals surface area (Å²) >= 11 is 0. The lowest BCUT2D eigenvalue weighted by Crippen LogP contribution is -2.19. The summed E-state index contributed by atoms with van der Waals surface area (Å²) in [4.78, 5) is 4.85. The third kappa shape index (κ3) is 3.95.